The zero-order valence-corrected chi connectivity index (χ0v) is 15.3. The van der Waals surface area contributed by atoms with Crippen LogP contribution < -0.4 is 10.6 Å². The van der Waals surface area contributed by atoms with E-state index >= 15 is 0 Å². The summed E-state index contributed by atoms with van der Waals surface area (Å²) in [4.78, 5) is 28.8. The number of carbonyl (C=O) groups is 2. The van der Waals surface area contributed by atoms with Crippen molar-refractivity contribution in [2.75, 3.05) is 10.6 Å². The van der Waals surface area contributed by atoms with Crippen molar-refractivity contribution in [3.8, 4) is 0 Å². The van der Waals surface area contributed by atoms with Gasteiger partial charge < -0.3 is 10.6 Å². The summed E-state index contributed by atoms with van der Waals surface area (Å²) in [5, 5.41) is 4.95. The Hall–Kier alpha value is -3.13. The smallest absolute Gasteiger partial charge is 0.259 e. The monoisotopic (exact) mass is 431 g/mol. The molecular weight excluding hydrogens is 420 g/mol. The summed E-state index contributed by atoms with van der Waals surface area (Å²) >= 11 is 3.23. The second-order valence-corrected chi connectivity index (χ2v) is 6.36. The van der Waals surface area contributed by atoms with Gasteiger partial charge in [0.2, 0.25) is 0 Å². The molecule has 0 aliphatic rings. The first-order valence-electron chi connectivity index (χ1n) is 7.72. The third-order valence-corrected chi connectivity index (χ3v) is 4.03. The van der Waals surface area contributed by atoms with Gasteiger partial charge in [0.15, 0.2) is 0 Å². The maximum Gasteiger partial charge on any atom is 0.259 e. The van der Waals surface area contributed by atoms with E-state index in [4.69, 9.17) is 0 Å². The molecule has 0 spiro atoms. The highest BCUT2D eigenvalue weighted by Crippen LogP contribution is 2.21. The van der Waals surface area contributed by atoms with Crippen LogP contribution in [0.1, 0.15) is 20.7 Å². The standard InChI is InChI=1S/C19H12BrF2N3O2/c20-11-5-8-17(23-10-11)25-19(27)14-9-12(21)6-7-16(14)24-18(26)13-3-1-2-4-15(13)22/h1-10H,(H,24,26)(H,23,25,27). The van der Waals surface area contributed by atoms with Gasteiger partial charge in [-0.2, -0.15) is 0 Å². The normalized spacial score (nSPS) is 10.3. The molecular formula is C19H12BrF2N3O2. The fraction of sp³-hybridized carbons (Fsp3) is 0. The maximum atomic E-state index is 13.8. The number of carbonyl (C=O) groups excluding carboxylic acids is 2. The van der Waals surface area contributed by atoms with Gasteiger partial charge in [0, 0.05) is 10.7 Å². The van der Waals surface area contributed by atoms with Crippen molar-refractivity contribution in [3.63, 3.8) is 0 Å². The second-order valence-electron chi connectivity index (χ2n) is 5.44. The van der Waals surface area contributed by atoms with Crippen LogP contribution in [0.15, 0.2) is 65.3 Å². The van der Waals surface area contributed by atoms with Crippen LogP contribution in [0.4, 0.5) is 20.3 Å². The Balaban J connectivity index is 1.86. The summed E-state index contributed by atoms with van der Waals surface area (Å²) in [6, 6.07) is 11.9. The van der Waals surface area contributed by atoms with Gasteiger partial charge in [-0.3, -0.25) is 9.59 Å². The van der Waals surface area contributed by atoms with Crippen LogP contribution in [0.25, 0.3) is 0 Å². The van der Waals surface area contributed by atoms with Crippen LogP contribution in [0.3, 0.4) is 0 Å². The van der Waals surface area contributed by atoms with Crippen molar-refractivity contribution in [1.29, 1.82) is 0 Å². The van der Waals surface area contributed by atoms with E-state index in [1.54, 1.807) is 12.1 Å². The highest BCUT2D eigenvalue weighted by Gasteiger charge is 2.17. The van der Waals surface area contributed by atoms with Crippen molar-refractivity contribution in [1.82, 2.24) is 4.98 Å². The van der Waals surface area contributed by atoms with Gasteiger partial charge in [-0.25, -0.2) is 13.8 Å². The lowest BCUT2D eigenvalue weighted by Gasteiger charge is -2.12. The zero-order valence-electron chi connectivity index (χ0n) is 13.7. The topological polar surface area (TPSA) is 71.1 Å². The number of benzene rings is 2. The summed E-state index contributed by atoms with van der Waals surface area (Å²) < 4.78 is 28.1. The van der Waals surface area contributed by atoms with Crippen molar-refractivity contribution in [2.24, 2.45) is 0 Å². The molecule has 2 amide bonds. The molecule has 2 N–H and O–H groups in total. The van der Waals surface area contributed by atoms with E-state index in [0.29, 0.717) is 0 Å². The van der Waals surface area contributed by atoms with Crippen LogP contribution in [-0.4, -0.2) is 16.8 Å². The molecule has 3 aromatic rings. The average Bonchev–Trinajstić information content (AvgIpc) is 2.65. The van der Waals surface area contributed by atoms with Crippen molar-refractivity contribution >= 4 is 39.2 Å². The molecule has 0 saturated carbocycles. The van der Waals surface area contributed by atoms with E-state index in [-0.39, 0.29) is 22.6 Å². The molecule has 27 heavy (non-hydrogen) atoms. The number of rotatable bonds is 4. The first-order valence-corrected chi connectivity index (χ1v) is 8.51. The Bertz CT molecular complexity index is 1010. The predicted molar refractivity (Wildman–Crippen MR) is 101 cm³/mol. The number of nitrogens with zero attached hydrogens (tertiary/aromatic N) is 1. The molecule has 136 valence electrons. The molecule has 0 aliphatic heterocycles. The molecule has 5 nitrogen and oxygen atoms in total. The molecule has 2 aromatic carbocycles. The van der Waals surface area contributed by atoms with E-state index < -0.39 is 23.4 Å². The van der Waals surface area contributed by atoms with Crippen LogP contribution in [0.5, 0.6) is 0 Å². The van der Waals surface area contributed by atoms with E-state index in [1.165, 1.54) is 30.5 Å². The fourth-order valence-corrected chi connectivity index (χ4v) is 2.52. The van der Waals surface area contributed by atoms with Gasteiger partial charge in [-0.1, -0.05) is 12.1 Å². The minimum Gasteiger partial charge on any atom is -0.321 e. The average molecular weight is 432 g/mol. The van der Waals surface area contributed by atoms with Gasteiger partial charge in [-0.15, -0.1) is 0 Å². The summed E-state index contributed by atoms with van der Waals surface area (Å²) in [5.41, 5.74) is -0.272. The van der Waals surface area contributed by atoms with Gasteiger partial charge in [0.1, 0.15) is 17.5 Å². The number of hydrogen-bond donors (Lipinski definition) is 2. The Morgan fingerprint density at radius 2 is 1.63 bits per heavy atom. The number of amides is 2. The van der Waals surface area contributed by atoms with Crippen LogP contribution in [0, 0.1) is 11.6 Å². The minimum absolute atomic E-state index is 0.0410. The summed E-state index contributed by atoms with van der Waals surface area (Å²) in [5.74, 6) is -2.54. The number of halogens is 3. The van der Waals surface area contributed by atoms with Gasteiger partial charge in [0.25, 0.3) is 11.8 Å². The SMILES string of the molecule is O=C(Nc1ccc(F)cc1C(=O)Nc1ccc(Br)cn1)c1ccccc1F. The lowest BCUT2D eigenvalue weighted by atomic mass is 10.1. The van der Waals surface area contributed by atoms with Crippen molar-refractivity contribution in [2.45, 2.75) is 0 Å². The highest BCUT2D eigenvalue weighted by molar-refractivity contribution is 9.10. The number of aromatic nitrogens is 1. The zero-order chi connectivity index (χ0) is 19.4. The number of pyridine rings is 1. The van der Waals surface area contributed by atoms with E-state index in [2.05, 4.69) is 31.5 Å². The van der Waals surface area contributed by atoms with Crippen LogP contribution in [0.2, 0.25) is 0 Å². The quantitative estimate of drug-likeness (QED) is 0.632. The summed E-state index contributed by atoms with van der Waals surface area (Å²) in [7, 11) is 0. The Kier molecular flexibility index (Phi) is 5.56. The lowest BCUT2D eigenvalue weighted by molar-refractivity contribution is 0.102. The molecule has 0 saturated heterocycles. The predicted octanol–water partition coefficient (Wildman–Crippen LogP) is 4.63. The third-order valence-electron chi connectivity index (χ3n) is 3.56. The highest BCUT2D eigenvalue weighted by atomic mass is 79.9. The molecule has 0 atom stereocenters. The largest absolute Gasteiger partial charge is 0.321 e. The molecule has 8 heteroatoms. The molecule has 1 aromatic heterocycles. The van der Waals surface area contributed by atoms with Crippen molar-refractivity contribution < 1.29 is 18.4 Å². The van der Waals surface area contributed by atoms with Gasteiger partial charge in [0.05, 0.1) is 16.8 Å². The molecule has 0 radical (unpaired) electrons. The number of hydrogen-bond acceptors (Lipinski definition) is 3. The Labute approximate surface area is 161 Å². The van der Waals surface area contributed by atoms with Gasteiger partial charge >= 0.3 is 0 Å². The molecule has 0 unspecified atom stereocenters. The van der Waals surface area contributed by atoms with E-state index in [9.17, 15) is 18.4 Å². The summed E-state index contributed by atoms with van der Waals surface area (Å²) in [6.07, 6.45) is 1.49. The fourth-order valence-electron chi connectivity index (χ4n) is 2.28. The molecule has 0 fully saturated rings. The molecule has 1 heterocycles. The first-order chi connectivity index (χ1) is 12.9. The molecule has 0 bridgehead atoms. The Morgan fingerprint density at radius 1 is 0.889 bits per heavy atom. The maximum absolute atomic E-state index is 13.8. The van der Waals surface area contributed by atoms with Crippen molar-refractivity contribution in [3.05, 3.63) is 88.0 Å². The number of nitrogens with one attached hydrogen (secondary N) is 2. The lowest BCUT2D eigenvalue weighted by Crippen LogP contribution is -2.19. The minimum atomic E-state index is -0.754. The van der Waals surface area contributed by atoms with Crippen LogP contribution >= 0.6 is 15.9 Å². The van der Waals surface area contributed by atoms with Gasteiger partial charge in [-0.05, 0) is 58.4 Å². The van der Waals surface area contributed by atoms with E-state index in [0.717, 1.165) is 22.7 Å². The first kappa shape index (κ1) is 18.7. The Morgan fingerprint density at radius 3 is 2.33 bits per heavy atom. The summed E-state index contributed by atoms with van der Waals surface area (Å²) in [6.45, 7) is 0. The van der Waals surface area contributed by atoms with E-state index in [1.807, 2.05) is 0 Å². The second kappa shape index (κ2) is 8.05. The number of anilines is 2. The molecule has 3 rings (SSSR count). The molecule has 0 aliphatic carbocycles. The van der Waals surface area contributed by atoms with Crippen LogP contribution in [-0.2, 0) is 0 Å². The third kappa shape index (κ3) is 4.53.